The van der Waals surface area contributed by atoms with Crippen LogP contribution in [0.15, 0.2) is 58.2 Å². The Morgan fingerprint density at radius 3 is 2.17 bits per heavy atom. The fraction of sp³-hybridized carbons (Fsp3) is 0.565. The molecule has 0 spiro atoms. The average molecular weight is 313 g/mol. The monoisotopic (exact) mass is 312 g/mol. The summed E-state index contributed by atoms with van der Waals surface area (Å²) in [5.74, 6) is 0.750. The molecule has 0 aliphatic heterocycles. The second-order valence-corrected chi connectivity index (χ2v) is 8.33. The second kappa shape index (κ2) is 7.99. The molecule has 1 unspecified atom stereocenters. The van der Waals surface area contributed by atoms with E-state index in [9.17, 15) is 0 Å². The van der Waals surface area contributed by atoms with Gasteiger partial charge in [-0.25, -0.2) is 0 Å². The van der Waals surface area contributed by atoms with E-state index >= 15 is 0 Å². The minimum atomic E-state index is 0.373. The smallest absolute Gasteiger partial charge is 0.0243 e. The number of rotatable bonds is 3. The van der Waals surface area contributed by atoms with Crippen LogP contribution in [-0.4, -0.2) is 0 Å². The lowest BCUT2D eigenvalue weighted by Crippen LogP contribution is -2.24. The summed E-state index contributed by atoms with van der Waals surface area (Å²) < 4.78 is 0. The highest BCUT2D eigenvalue weighted by Crippen LogP contribution is 2.42. The van der Waals surface area contributed by atoms with Gasteiger partial charge >= 0.3 is 0 Å². The summed E-state index contributed by atoms with van der Waals surface area (Å²) >= 11 is 0. The van der Waals surface area contributed by atoms with Gasteiger partial charge in [0.2, 0.25) is 0 Å². The second-order valence-electron chi connectivity index (χ2n) is 8.33. The van der Waals surface area contributed by atoms with Gasteiger partial charge in [-0.1, -0.05) is 62.3 Å². The molecule has 23 heavy (non-hydrogen) atoms. The van der Waals surface area contributed by atoms with E-state index < -0.39 is 0 Å². The van der Waals surface area contributed by atoms with Crippen LogP contribution in [0.5, 0.6) is 0 Å². The molecule has 0 aromatic rings. The maximum Gasteiger partial charge on any atom is -0.0243 e. The summed E-state index contributed by atoms with van der Waals surface area (Å²) in [5, 5.41) is 0. The molecule has 0 heteroatoms. The Bertz CT molecular complexity index is 564. The summed E-state index contributed by atoms with van der Waals surface area (Å²) in [6, 6.07) is 0. The zero-order valence-corrected chi connectivity index (χ0v) is 16.6. The van der Waals surface area contributed by atoms with E-state index in [1.807, 2.05) is 0 Å². The first-order valence-electron chi connectivity index (χ1n) is 8.94. The van der Waals surface area contributed by atoms with E-state index in [1.54, 1.807) is 0 Å². The Hall–Kier alpha value is -1.30. The molecule has 1 fully saturated rings. The lowest BCUT2D eigenvalue weighted by molar-refractivity contribution is 0.215. The SMILES string of the molecule is C=C1CCC(C(C)(C)C)C/C1=C/C(/C=C(C)/C(C)=C\C)=C(C)C. The van der Waals surface area contributed by atoms with Crippen LogP contribution in [-0.2, 0) is 0 Å². The van der Waals surface area contributed by atoms with Crippen LogP contribution in [0, 0.1) is 11.3 Å². The third-order valence-electron chi connectivity index (χ3n) is 5.27. The highest BCUT2D eigenvalue weighted by Gasteiger charge is 2.29. The molecule has 1 saturated carbocycles. The summed E-state index contributed by atoms with van der Waals surface area (Å²) in [5.41, 5.74) is 8.55. The highest BCUT2D eigenvalue weighted by atomic mass is 14.3. The van der Waals surface area contributed by atoms with E-state index in [4.69, 9.17) is 0 Å². The summed E-state index contributed by atoms with van der Waals surface area (Å²) in [7, 11) is 0. The fourth-order valence-corrected chi connectivity index (χ4v) is 3.01. The molecular weight excluding hydrogens is 276 g/mol. The van der Waals surface area contributed by atoms with Crippen molar-refractivity contribution in [3.63, 3.8) is 0 Å². The van der Waals surface area contributed by atoms with Gasteiger partial charge < -0.3 is 0 Å². The van der Waals surface area contributed by atoms with Crippen molar-refractivity contribution in [3.8, 4) is 0 Å². The van der Waals surface area contributed by atoms with Crippen molar-refractivity contribution in [1.29, 1.82) is 0 Å². The number of hydrogen-bond donors (Lipinski definition) is 0. The maximum absolute atomic E-state index is 4.33. The van der Waals surface area contributed by atoms with E-state index in [0.717, 1.165) is 18.8 Å². The van der Waals surface area contributed by atoms with E-state index in [0.29, 0.717) is 5.41 Å². The van der Waals surface area contributed by atoms with Gasteiger partial charge in [0.25, 0.3) is 0 Å². The topological polar surface area (TPSA) is 0 Å². The quantitative estimate of drug-likeness (QED) is 0.471. The molecule has 1 atom stereocenters. The zero-order chi connectivity index (χ0) is 17.8. The van der Waals surface area contributed by atoms with Crippen LogP contribution in [0.3, 0.4) is 0 Å². The molecule has 1 aliphatic rings. The maximum atomic E-state index is 4.33. The Morgan fingerprint density at radius 2 is 1.70 bits per heavy atom. The molecule has 1 aliphatic carbocycles. The Balaban J connectivity index is 3.17. The largest absolute Gasteiger partial charge is 0.0956 e. The van der Waals surface area contributed by atoms with E-state index in [2.05, 4.69) is 80.2 Å². The van der Waals surface area contributed by atoms with Gasteiger partial charge in [-0.05, 0) is 81.9 Å². The molecule has 0 N–H and O–H groups in total. The minimum Gasteiger partial charge on any atom is -0.0956 e. The molecule has 0 nitrogen and oxygen atoms in total. The van der Waals surface area contributed by atoms with Crippen molar-refractivity contribution in [1.82, 2.24) is 0 Å². The van der Waals surface area contributed by atoms with Crippen molar-refractivity contribution < 1.29 is 0 Å². The van der Waals surface area contributed by atoms with Crippen LogP contribution in [0.2, 0.25) is 0 Å². The molecular formula is C23H36. The van der Waals surface area contributed by atoms with Crippen LogP contribution >= 0.6 is 0 Å². The number of allylic oxidation sites excluding steroid dienone is 9. The lowest BCUT2D eigenvalue weighted by Gasteiger charge is -2.36. The van der Waals surface area contributed by atoms with Gasteiger partial charge in [-0.3, -0.25) is 0 Å². The van der Waals surface area contributed by atoms with Gasteiger partial charge in [0.05, 0.1) is 0 Å². The van der Waals surface area contributed by atoms with Gasteiger partial charge in [-0.15, -0.1) is 0 Å². The van der Waals surface area contributed by atoms with Crippen molar-refractivity contribution in [2.45, 2.75) is 74.7 Å². The van der Waals surface area contributed by atoms with Gasteiger partial charge in [0.1, 0.15) is 0 Å². The molecule has 0 aromatic carbocycles. The van der Waals surface area contributed by atoms with Crippen molar-refractivity contribution in [2.75, 3.05) is 0 Å². The van der Waals surface area contributed by atoms with Crippen molar-refractivity contribution in [2.24, 2.45) is 11.3 Å². The molecule has 0 bridgehead atoms. The van der Waals surface area contributed by atoms with E-state index in [1.165, 1.54) is 39.9 Å². The first-order chi connectivity index (χ1) is 10.6. The summed E-state index contributed by atoms with van der Waals surface area (Å²) in [4.78, 5) is 0. The van der Waals surface area contributed by atoms with Crippen LogP contribution < -0.4 is 0 Å². The molecule has 0 aromatic heterocycles. The third kappa shape index (κ3) is 5.68. The fourth-order valence-electron chi connectivity index (χ4n) is 3.01. The normalized spacial score (nSPS) is 22.5. The molecule has 0 amide bonds. The van der Waals surface area contributed by atoms with Gasteiger partial charge in [0, 0.05) is 0 Å². The Labute approximate surface area is 144 Å². The minimum absolute atomic E-state index is 0.373. The summed E-state index contributed by atoms with van der Waals surface area (Å²) in [6.45, 7) is 22.3. The first-order valence-corrected chi connectivity index (χ1v) is 8.94. The van der Waals surface area contributed by atoms with Crippen molar-refractivity contribution >= 4 is 0 Å². The van der Waals surface area contributed by atoms with Crippen LogP contribution in [0.25, 0.3) is 0 Å². The van der Waals surface area contributed by atoms with Crippen molar-refractivity contribution in [3.05, 3.63) is 58.2 Å². The molecule has 0 saturated heterocycles. The Morgan fingerprint density at radius 1 is 1.09 bits per heavy atom. The Kier molecular flexibility index (Phi) is 6.86. The lowest BCUT2D eigenvalue weighted by atomic mass is 9.69. The molecule has 0 heterocycles. The van der Waals surface area contributed by atoms with Crippen LogP contribution in [0.4, 0.5) is 0 Å². The van der Waals surface area contributed by atoms with Crippen LogP contribution in [0.1, 0.15) is 74.7 Å². The van der Waals surface area contributed by atoms with Gasteiger partial charge in [0.15, 0.2) is 0 Å². The number of hydrogen-bond acceptors (Lipinski definition) is 0. The van der Waals surface area contributed by atoms with Gasteiger partial charge in [-0.2, -0.15) is 0 Å². The third-order valence-corrected chi connectivity index (χ3v) is 5.27. The summed E-state index contributed by atoms with van der Waals surface area (Å²) in [6.07, 6.45) is 10.5. The predicted octanol–water partition coefficient (Wildman–Crippen LogP) is 7.56. The first kappa shape index (κ1) is 19.7. The standard InChI is InChI=1S/C23H36/c1-10-17(4)19(6)13-20(16(2)3)14-21-15-22(23(7,8)9)12-11-18(21)5/h10,13-14,22H,5,11-12,15H2,1-4,6-9H3/b17-10-,19-13+,21-14-. The highest BCUT2D eigenvalue weighted by molar-refractivity contribution is 5.47. The molecule has 128 valence electrons. The average Bonchev–Trinajstić information content (AvgIpc) is 2.46. The molecule has 0 radical (unpaired) electrons. The zero-order valence-electron chi connectivity index (χ0n) is 16.6. The van der Waals surface area contributed by atoms with E-state index in [-0.39, 0.29) is 0 Å². The predicted molar refractivity (Wildman–Crippen MR) is 106 cm³/mol. The molecule has 1 rings (SSSR count).